The van der Waals surface area contributed by atoms with Gasteiger partial charge >= 0.3 is 6.03 Å². The molecule has 0 aromatic carbocycles. The molecule has 0 fully saturated rings. The molecule has 4 heteroatoms. The predicted octanol–water partition coefficient (Wildman–Crippen LogP) is 1.24. The van der Waals surface area contributed by atoms with Gasteiger partial charge in [-0.15, -0.1) is 0 Å². The summed E-state index contributed by atoms with van der Waals surface area (Å²) < 4.78 is 0. The minimum Gasteiger partial charge on any atom is -0.331 e. The van der Waals surface area contributed by atoms with Gasteiger partial charge in [0.1, 0.15) is 0 Å². The van der Waals surface area contributed by atoms with E-state index < -0.39 is 0 Å². The average molecular weight is 207 g/mol. The zero-order chi connectivity index (χ0) is 11.3. The number of amides is 2. The summed E-state index contributed by atoms with van der Waals surface area (Å²) in [5.74, 6) is 0. The highest BCUT2D eigenvalue weighted by Crippen LogP contribution is 1.98. The first-order valence-corrected chi connectivity index (χ1v) is 4.93. The lowest BCUT2D eigenvalue weighted by atomic mass is 10.2. The first-order valence-electron chi connectivity index (χ1n) is 4.93. The molecule has 0 aliphatic rings. The van der Waals surface area contributed by atoms with Crippen molar-refractivity contribution in [2.24, 2.45) is 0 Å². The summed E-state index contributed by atoms with van der Waals surface area (Å²) >= 11 is 0. The standard InChI is InChI=1S/C11H17N3O/c1-13(2)11(15)14(3)9-7-10-6-4-5-8-12-10/h4-6,8H,7,9H2,1-3H3. The van der Waals surface area contributed by atoms with Crippen molar-refractivity contribution in [2.75, 3.05) is 27.7 Å². The third-order valence-corrected chi connectivity index (χ3v) is 2.14. The minimum atomic E-state index is 0.0194. The first-order chi connectivity index (χ1) is 7.11. The van der Waals surface area contributed by atoms with E-state index >= 15 is 0 Å². The second kappa shape index (κ2) is 5.34. The summed E-state index contributed by atoms with van der Waals surface area (Å²) in [5.41, 5.74) is 1.01. The molecule has 1 rings (SSSR count). The van der Waals surface area contributed by atoms with Gasteiger partial charge in [0.05, 0.1) is 0 Å². The number of aromatic nitrogens is 1. The number of rotatable bonds is 3. The maximum atomic E-state index is 11.5. The Labute approximate surface area is 90.5 Å². The fraction of sp³-hybridized carbons (Fsp3) is 0.455. The van der Waals surface area contributed by atoms with Gasteiger partial charge in [0.25, 0.3) is 0 Å². The summed E-state index contributed by atoms with van der Waals surface area (Å²) in [4.78, 5) is 19.0. The minimum absolute atomic E-state index is 0.0194. The smallest absolute Gasteiger partial charge is 0.319 e. The molecule has 82 valence electrons. The van der Waals surface area contributed by atoms with Crippen LogP contribution in [0.4, 0.5) is 4.79 Å². The Morgan fingerprint density at radius 1 is 1.33 bits per heavy atom. The molecule has 1 heterocycles. The van der Waals surface area contributed by atoms with E-state index in [1.54, 1.807) is 37.1 Å². The number of hydrogen-bond donors (Lipinski definition) is 0. The summed E-state index contributed by atoms with van der Waals surface area (Å²) in [6.07, 6.45) is 2.56. The second-order valence-electron chi connectivity index (χ2n) is 3.67. The fourth-order valence-electron chi connectivity index (χ4n) is 1.27. The van der Waals surface area contributed by atoms with Gasteiger partial charge in [-0.25, -0.2) is 4.79 Å². The van der Waals surface area contributed by atoms with Crippen molar-refractivity contribution in [1.82, 2.24) is 14.8 Å². The predicted molar refractivity (Wildman–Crippen MR) is 59.7 cm³/mol. The van der Waals surface area contributed by atoms with Crippen molar-refractivity contribution in [3.63, 3.8) is 0 Å². The molecule has 0 spiro atoms. The van der Waals surface area contributed by atoms with Crippen molar-refractivity contribution >= 4 is 6.03 Å². The van der Waals surface area contributed by atoms with Gasteiger partial charge < -0.3 is 9.80 Å². The number of likely N-dealkylation sites (N-methyl/N-ethyl adjacent to an activating group) is 1. The van der Waals surface area contributed by atoms with Gasteiger partial charge in [-0.3, -0.25) is 4.98 Å². The van der Waals surface area contributed by atoms with Crippen molar-refractivity contribution in [2.45, 2.75) is 6.42 Å². The SMILES string of the molecule is CN(C)C(=O)N(C)CCc1ccccn1. The van der Waals surface area contributed by atoms with Crippen molar-refractivity contribution in [1.29, 1.82) is 0 Å². The molecular formula is C11H17N3O. The lowest BCUT2D eigenvalue weighted by Gasteiger charge is -2.21. The van der Waals surface area contributed by atoms with Crippen LogP contribution in [0.15, 0.2) is 24.4 Å². The third-order valence-electron chi connectivity index (χ3n) is 2.14. The molecule has 0 bridgehead atoms. The van der Waals surface area contributed by atoms with Crippen molar-refractivity contribution < 1.29 is 4.79 Å². The highest BCUT2D eigenvalue weighted by molar-refractivity contribution is 5.73. The van der Waals surface area contributed by atoms with Crippen LogP contribution in [-0.2, 0) is 6.42 Å². The number of pyridine rings is 1. The maximum absolute atomic E-state index is 11.5. The monoisotopic (exact) mass is 207 g/mol. The van der Waals surface area contributed by atoms with Crippen LogP contribution in [-0.4, -0.2) is 48.5 Å². The first kappa shape index (κ1) is 11.5. The van der Waals surface area contributed by atoms with Gasteiger partial charge in [0.15, 0.2) is 0 Å². The summed E-state index contributed by atoms with van der Waals surface area (Å²) in [6.45, 7) is 0.689. The molecule has 1 aromatic rings. The zero-order valence-corrected chi connectivity index (χ0v) is 9.47. The summed E-state index contributed by atoms with van der Waals surface area (Å²) in [7, 11) is 5.30. The zero-order valence-electron chi connectivity index (χ0n) is 9.47. The highest BCUT2D eigenvalue weighted by Gasteiger charge is 2.09. The quantitative estimate of drug-likeness (QED) is 0.747. The lowest BCUT2D eigenvalue weighted by Crippen LogP contribution is -2.37. The molecule has 0 saturated carbocycles. The van der Waals surface area contributed by atoms with Gasteiger partial charge in [0.2, 0.25) is 0 Å². The number of carbonyl (C=O) groups is 1. The average Bonchev–Trinajstić information content (AvgIpc) is 2.26. The second-order valence-corrected chi connectivity index (χ2v) is 3.67. The molecule has 1 aromatic heterocycles. The van der Waals surface area contributed by atoms with E-state index in [0.717, 1.165) is 12.1 Å². The molecule has 0 aliphatic heterocycles. The highest BCUT2D eigenvalue weighted by atomic mass is 16.2. The molecule has 15 heavy (non-hydrogen) atoms. The third kappa shape index (κ3) is 3.58. The van der Waals surface area contributed by atoms with Gasteiger partial charge in [-0.1, -0.05) is 6.07 Å². The Morgan fingerprint density at radius 3 is 2.60 bits per heavy atom. The summed E-state index contributed by atoms with van der Waals surface area (Å²) in [6, 6.07) is 5.83. The molecule has 4 nitrogen and oxygen atoms in total. The Hall–Kier alpha value is -1.58. The maximum Gasteiger partial charge on any atom is 0.319 e. The molecule has 0 radical (unpaired) electrons. The largest absolute Gasteiger partial charge is 0.331 e. The number of nitrogens with zero attached hydrogens (tertiary/aromatic N) is 3. The van der Waals surface area contributed by atoms with Crippen LogP contribution in [0.2, 0.25) is 0 Å². The Bertz CT molecular complexity index is 311. The molecular weight excluding hydrogens is 190 g/mol. The van der Waals surface area contributed by atoms with Crippen LogP contribution >= 0.6 is 0 Å². The van der Waals surface area contributed by atoms with E-state index in [2.05, 4.69) is 4.98 Å². The van der Waals surface area contributed by atoms with Crippen LogP contribution in [0.5, 0.6) is 0 Å². The number of carbonyl (C=O) groups excluding carboxylic acids is 1. The van der Waals surface area contributed by atoms with Crippen molar-refractivity contribution in [3.8, 4) is 0 Å². The van der Waals surface area contributed by atoms with Crippen LogP contribution in [0.25, 0.3) is 0 Å². The van der Waals surface area contributed by atoms with Gasteiger partial charge in [-0.2, -0.15) is 0 Å². The topological polar surface area (TPSA) is 36.4 Å². The normalized spacial score (nSPS) is 9.80. The summed E-state index contributed by atoms with van der Waals surface area (Å²) in [5, 5.41) is 0. The van der Waals surface area contributed by atoms with E-state index in [4.69, 9.17) is 0 Å². The van der Waals surface area contributed by atoms with E-state index in [-0.39, 0.29) is 6.03 Å². The van der Waals surface area contributed by atoms with E-state index in [1.165, 1.54) is 0 Å². The van der Waals surface area contributed by atoms with Gasteiger partial charge in [-0.05, 0) is 12.1 Å². The van der Waals surface area contributed by atoms with E-state index in [0.29, 0.717) is 6.54 Å². The van der Waals surface area contributed by atoms with Crippen LogP contribution < -0.4 is 0 Å². The molecule has 0 unspecified atom stereocenters. The van der Waals surface area contributed by atoms with Crippen LogP contribution in [0.3, 0.4) is 0 Å². The molecule has 0 atom stereocenters. The Balaban J connectivity index is 2.41. The van der Waals surface area contributed by atoms with Crippen LogP contribution in [0, 0.1) is 0 Å². The van der Waals surface area contributed by atoms with Crippen molar-refractivity contribution in [3.05, 3.63) is 30.1 Å². The van der Waals surface area contributed by atoms with Crippen LogP contribution in [0.1, 0.15) is 5.69 Å². The molecule has 0 saturated heterocycles. The Kier molecular flexibility index (Phi) is 4.09. The van der Waals surface area contributed by atoms with E-state index in [9.17, 15) is 4.79 Å². The van der Waals surface area contributed by atoms with E-state index in [1.807, 2.05) is 18.2 Å². The molecule has 2 amide bonds. The lowest BCUT2D eigenvalue weighted by molar-refractivity contribution is 0.182. The van der Waals surface area contributed by atoms with Gasteiger partial charge in [0, 0.05) is 46.0 Å². The molecule has 0 aliphatic carbocycles. The molecule has 0 N–H and O–H groups in total. The number of urea groups is 1. The Morgan fingerprint density at radius 2 is 2.07 bits per heavy atom. The fourth-order valence-corrected chi connectivity index (χ4v) is 1.27. The number of hydrogen-bond acceptors (Lipinski definition) is 2.